The van der Waals surface area contributed by atoms with Crippen LogP contribution >= 0.6 is 11.6 Å². The maximum Gasteiger partial charge on any atom is 0.129 e. The van der Waals surface area contributed by atoms with Gasteiger partial charge >= 0.3 is 0 Å². The van der Waals surface area contributed by atoms with Gasteiger partial charge in [0, 0.05) is 12.7 Å². The second-order valence-corrected chi connectivity index (χ2v) is 4.28. The van der Waals surface area contributed by atoms with Gasteiger partial charge in [-0.15, -0.1) is 5.10 Å². The number of halogens is 1. The van der Waals surface area contributed by atoms with Gasteiger partial charge in [0.15, 0.2) is 0 Å². The average molecular weight is 267 g/mol. The number of nitrogens with zero attached hydrogens (tertiary/aromatic N) is 4. The van der Waals surface area contributed by atoms with Crippen LogP contribution in [0.4, 0.5) is 0 Å². The molecule has 1 unspecified atom stereocenters. The molecule has 0 aromatic carbocycles. The van der Waals surface area contributed by atoms with E-state index in [2.05, 4.69) is 27.6 Å². The fourth-order valence-electron chi connectivity index (χ4n) is 1.79. The zero-order valence-corrected chi connectivity index (χ0v) is 10.8. The second kappa shape index (κ2) is 5.90. The third-order valence-corrected chi connectivity index (χ3v) is 2.85. The van der Waals surface area contributed by atoms with Crippen molar-refractivity contribution in [2.75, 3.05) is 0 Å². The number of pyridine rings is 1. The smallest absolute Gasteiger partial charge is 0.129 e. The SMILES string of the molecule is CCCn1nncc1C(NN)c1ccc(Cl)nc1. The molecule has 0 spiro atoms. The van der Waals surface area contributed by atoms with E-state index < -0.39 is 0 Å². The van der Waals surface area contributed by atoms with Crippen LogP contribution in [-0.4, -0.2) is 20.0 Å². The van der Waals surface area contributed by atoms with Crippen LogP contribution in [0.3, 0.4) is 0 Å². The number of nitrogens with two attached hydrogens (primary N) is 1. The summed E-state index contributed by atoms with van der Waals surface area (Å²) in [5, 5.41) is 8.42. The minimum Gasteiger partial charge on any atom is -0.271 e. The first kappa shape index (κ1) is 12.9. The molecule has 0 amide bonds. The van der Waals surface area contributed by atoms with E-state index in [1.807, 2.05) is 10.7 Å². The Morgan fingerprint density at radius 2 is 2.28 bits per heavy atom. The van der Waals surface area contributed by atoms with Crippen LogP contribution in [0.5, 0.6) is 0 Å². The summed E-state index contributed by atoms with van der Waals surface area (Å²) in [5.41, 5.74) is 4.58. The first-order chi connectivity index (χ1) is 8.76. The average Bonchev–Trinajstić information content (AvgIpc) is 2.82. The second-order valence-electron chi connectivity index (χ2n) is 3.90. The molecule has 2 aromatic rings. The van der Waals surface area contributed by atoms with E-state index in [0.29, 0.717) is 5.15 Å². The zero-order chi connectivity index (χ0) is 13.0. The number of rotatable bonds is 5. The molecule has 0 bridgehead atoms. The topological polar surface area (TPSA) is 81.7 Å². The molecule has 7 heteroatoms. The molecule has 1 atom stereocenters. The Balaban J connectivity index is 2.32. The molecule has 3 N–H and O–H groups in total. The molecule has 0 aliphatic heterocycles. The summed E-state index contributed by atoms with van der Waals surface area (Å²) in [5.74, 6) is 5.62. The Kier molecular flexibility index (Phi) is 4.24. The molecule has 2 heterocycles. The quantitative estimate of drug-likeness (QED) is 0.484. The van der Waals surface area contributed by atoms with E-state index in [9.17, 15) is 0 Å². The Morgan fingerprint density at radius 1 is 1.44 bits per heavy atom. The first-order valence-electron chi connectivity index (χ1n) is 5.72. The number of hydrogen-bond donors (Lipinski definition) is 2. The van der Waals surface area contributed by atoms with Crippen LogP contribution in [0, 0.1) is 0 Å². The number of hydrazine groups is 1. The van der Waals surface area contributed by atoms with E-state index in [1.165, 1.54) is 0 Å². The molecule has 2 rings (SSSR count). The summed E-state index contributed by atoms with van der Waals surface area (Å²) in [6, 6.07) is 3.41. The van der Waals surface area contributed by atoms with Gasteiger partial charge in [0.05, 0.1) is 17.9 Å². The highest BCUT2D eigenvalue weighted by atomic mass is 35.5. The lowest BCUT2D eigenvalue weighted by Gasteiger charge is -2.16. The Hall–Kier alpha value is -1.50. The van der Waals surface area contributed by atoms with Crippen molar-refractivity contribution in [3.05, 3.63) is 40.9 Å². The predicted molar refractivity (Wildman–Crippen MR) is 68.7 cm³/mol. The van der Waals surface area contributed by atoms with Gasteiger partial charge in [-0.25, -0.2) is 15.1 Å². The lowest BCUT2D eigenvalue weighted by Crippen LogP contribution is -2.30. The van der Waals surface area contributed by atoms with Crippen molar-refractivity contribution in [1.29, 1.82) is 0 Å². The number of aryl methyl sites for hydroxylation is 1. The monoisotopic (exact) mass is 266 g/mol. The van der Waals surface area contributed by atoms with Gasteiger partial charge in [0.25, 0.3) is 0 Å². The number of nitrogens with one attached hydrogen (secondary N) is 1. The summed E-state index contributed by atoms with van der Waals surface area (Å²) in [7, 11) is 0. The first-order valence-corrected chi connectivity index (χ1v) is 6.10. The normalized spacial score (nSPS) is 12.6. The van der Waals surface area contributed by atoms with Crippen molar-refractivity contribution in [3.63, 3.8) is 0 Å². The predicted octanol–water partition coefficient (Wildman–Crippen LogP) is 1.29. The Bertz CT molecular complexity index is 494. The van der Waals surface area contributed by atoms with Gasteiger partial charge in [-0.2, -0.15) is 0 Å². The maximum absolute atomic E-state index is 5.77. The van der Waals surface area contributed by atoms with E-state index in [4.69, 9.17) is 17.4 Å². The van der Waals surface area contributed by atoms with Gasteiger partial charge in [0.2, 0.25) is 0 Å². The van der Waals surface area contributed by atoms with E-state index in [-0.39, 0.29) is 6.04 Å². The minimum atomic E-state index is -0.198. The summed E-state index contributed by atoms with van der Waals surface area (Å²) in [4.78, 5) is 4.05. The van der Waals surface area contributed by atoms with E-state index in [0.717, 1.165) is 24.2 Å². The lowest BCUT2D eigenvalue weighted by molar-refractivity contribution is 0.511. The van der Waals surface area contributed by atoms with Crippen LogP contribution in [-0.2, 0) is 6.54 Å². The zero-order valence-electron chi connectivity index (χ0n) is 10.0. The summed E-state index contributed by atoms with van der Waals surface area (Å²) in [6.07, 6.45) is 4.37. The number of aromatic nitrogens is 4. The summed E-state index contributed by atoms with van der Waals surface area (Å²) in [6.45, 7) is 2.88. The van der Waals surface area contributed by atoms with Crippen molar-refractivity contribution < 1.29 is 0 Å². The van der Waals surface area contributed by atoms with Crippen molar-refractivity contribution >= 4 is 11.6 Å². The third-order valence-electron chi connectivity index (χ3n) is 2.63. The van der Waals surface area contributed by atoms with Crippen molar-refractivity contribution in [3.8, 4) is 0 Å². The molecular weight excluding hydrogens is 252 g/mol. The van der Waals surface area contributed by atoms with E-state index >= 15 is 0 Å². The van der Waals surface area contributed by atoms with E-state index in [1.54, 1.807) is 18.5 Å². The van der Waals surface area contributed by atoms with Gasteiger partial charge in [-0.3, -0.25) is 5.84 Å². The Labute approximate surface area is 110 Å². The minimum absolute atomic E-state index is 0.198. The Morgan fingerprint density at radius 3 is 2.89 bits per heavy atom. The highest BCUT2D eigenvalue weighted by Crippen LogP contribution is 2.20. The maximum atomic E-state index is 5.77. The molecule has 0 saturated heterocycles. The highest BCUT2D eigenvalue weighted by molar-refractivity contribution is 6.29. The fourth-order valence-corrected chi connectivity index (χ4v) is 1.90. The van der Waals surface area contributed by atoms with Crippen molar-refractivity contribution in [2.24, 2.45) is 5.84 Å². The molecule has 0 radical (unpaired) electrons. The van der Waals surface area contributed by atoms with Crippen molar-refractivity contribution in [2.45, 2.75) is 25.9 Å². The van der Waals surface area contributed by atoms with Crippen LogP contribution in [0.15, 0.2) is 24.5 Å². The largest absolute Gasteiger partial charge is 0.271 e. The fraction of sp³-hybridized carbons (Fsp3) is 0.364. The molecular formula is C11H15ClN6. The lowest BCUT2D eigenvalue weighted by atomic mass is 10.1. The van der Waals surface area contributed by atoms with Crippen LogP contribution in [0.1, 0.15) is 30.6 Å². The molecule has 18 heavy (non-hydrogen) atoms. The van der Waals surface area contributed by atoms with Gasteiger partial charge in [0.1, 0.15) is 5.15 Å². The summed E-state index contributed by atoms with van der Waals surface area (Å²) >= 11 is 5.77. The molecule has 6 nitrogen and oxygen atoms in total. The standard InChI is InChI=1S/C11H15ClN6/c1-2-5-18-9(7-15-17-18)11(16-13)8-3-4-10(12)14-6-8/h3-4,6-7,11,16H,2,5,13H2,1H3. The number of hydrogen-bond acceptors (Lipinski definition) is 5. The van der Waals surface area contributed by atoms with Crippen LogP contribution in [0.25, 0.3) is 0 Å². The molecule has 2 aromatic heterocycles. The van der Waals surface area contributed by atoms with Crippen LogP contribution < -0.4 is 11.3 Å². The van der Waals surface area contributed by atoms with Crippen LogP contribution in [0.2, 0.25) is 5.15 Å². The van der Waals surface area contributed by atoms with Gasteiger partial charge in [-0.1, -0.05) is 29.8 Å². The van der Waals surface area contributed by atoms with Crippen molar-refractivity contribution in [1.82, 2.24) is 25.4 Å². The van der Waals surface area contributed by atoms with Gasteiger partial charge < -0.3 is 0 Å². The molecule has 0 aliphatic rings. The molecule has 0 saturated carbocycles. The third kappa shape index (κ3) is 2.66. The highest BCUT2D eigenvalue weighted by Gasteiger charge is 2.17. The summed E-state index contributed by atoms with van der Waals surface area (Å²) < 4.78 is 1.83. The molecule has 0 aliphatic carbocycles. The molecule has 0 fully saturated rings. The van der Waals surface area contributed by atoms with Gasteiger partial charge in [-0.05, 0) is 18.1 Å². The molecule has 96 valence electrons.